The average Bonchev–Trinajstić information content (AvgIpc) is 2.67. The maximum atomic E-state index is 10.3. The van der Waals surface area contributed by atoms with Crippen LogP contribution in [0.5, 0.6) is 11.5 Å². The molecule has 26 heavy (non-hydrogen) atoms. The normalized spacial score (nSPS) is 10.4. The maximum Gasteiger partial charge on any atom is 0.320 e. The summed E-state index contributed by atoms with van der Waals surface area (Å²) in [5, 5.41) is 1.02. The van der Waals surface area contributed by atoms with Crippen LogP contribution in [0.4, 0.5) is 5.69 Å². The number of carbonyl (C=O) groups excluding carboxylic acids is 1. The number of hydrogen-bond acceptors (Lipinski definition) is 6. The van der Waals surface area contributed by atoms with Crippen molar-refractivity contribution in [2.45, 2.75) is 13.3 Å². The number of aryl methyl sites for hydroxylation is 1. The molecule has 0 aliphatic rings. The predicted molar refractivity (Wildman–Crippen MR) is 99.6 cm³/mol. The largest absolute Gasteiger partial charge is 0.493 e. The van der Waals surface area contributed by atoms with Gasteiger partial charge in [0.25, 0.3) is 0 Å². The number of nitrogens with one attached hydrogen (secondary N) is 1. The number of fused-ring (bicyclic) bond motifs is 1. The molecular weight excluding hydrogens is 332 g/mol. The van der Waals surface area contributed by atoms with Crippen LogP contribution in [-0.4, -0.2) is 25.7 Å². The molecule has 1 heterocycles. The summed E-state index contributed by atoms with van der Waals surface area (Å²) in [7, 11) is 3.23. The van der Waals surface area contributed by atoms with Gasteiger partial charge in [-0.3, -0.25) is 9.78 Å². The highest BCUT2D eigenvalue weighted by molar-refractivity contribution is 5.86. The minimum absolute atomic E-state index is 0.355. The average molecular weight is 352 g/mol. The van der Waals surface area contributed by atoms with E-state index in [4.69, 9.17) is 9.47 Å². The van der Waals surface area contributed by atoms with Crippen LogP contribution in [0.15, 0.2) is 42.6 Å². The van der Waals surface area contributed by atoms with Gasteiger partial charge in [0, 0.05) is 17.6 Å². The Balaban J connectivity index is 1.97. The molecule has 0 bridgehead atoms. The summed E-state index contributed by atoms with van der Waals surface area (Å²) in [4.78, 5) is 19.3. The Hall–Kier alpha value is -3.28. The predicted octanol–water partition coefficient (Wildman–Crippen LogP) is 3.65. The fourth-order valence-corrected chi connectivity index (χ4v) is 2.94. The standard InChI is InChI=1S/C20H20N2O4/c1-13-8-16(22-26-12-23)5-4-14(13)9-15-6-7-21-18-11-20(25-3)19(24-2)10-17(15)18/h4-8,10-12,22H,9H2,1-3H3. The number of rotatable bonds is 7. The van der Waals surface area contributed by atoms with E-state index in [1.165, 1.54) is 5.56 Å². The Morgan fingerprint density at radius 3 is 2.50 bits per heavy atom. The molecule has 0 saturated heterocycles. The fourth-order valence-electron chi connectivity index (χ4n) is 2.94. The van der Waals surface area contributed by atoms with Crippen molar-refractivity contribution in [1.29, 1.82) is 0 Å². The quantitative estimate of drug-likeness (QED) is 0.517. The number of methoxy groups -OCH3 is 2. The molecule has 3 aromatic rings. The van der Waals surface area contributed by atoms with Gasteiger partial charge in [0.2, 0.25) is 0 Å². The van der Waals surface area contributed by atoms with Crippen molar-refractivity contribution in [3.05, 3.63) is 59.3 Å². The zero-order chi connectivity index (χ0) is 18.5. The van der Waals surface area contributed by atoms with Crippen molar-refractivity contribution >= 4 is 23.1 Å². The lowest BCUT2D eigenvalue weighted by Crippen LogP contribution is -2.00. The lowest BCUT2D eigenvalue weighted by atomic mass is 9.97. The summed E-state index contributed by atoms with van der Waals surface area (Å²) < 4.78 is 10.8. The third kappa shape index (κ3) is 3.54. The van der Waals surface area contributed by atoms with E-state index < -0.39 is 0 Å². The number of anilines is 1. The monoisotopic (exact) mass is 352 g/mol. The summed E-state index contributed by atoms with van der Waals surface area (Å²) in [6, 6.07) is 11.7. The van der Waals surface area contributed by atoms with Crippen molar-refractivity contribution in [2.24, 2.45) is 0 Å². The van der Waals surface area contributed by atoms with E-state index >= 15 is 0 Å². The highest BCUT2D eigenvalue weighted by atomic mass is 16.7. The molecule has 0 fully saturated rings. The topological polar surface area (TPSA) is 69.7 Å². The molecule has 0 aliphatic heterocycles. The van der Waals surface area contributed by atoms with E-state index in [0.717, 1.165) is 34.1 Å². The molecule has 0 aliphatic carbocycles. The van der Waals surface area contributed by atoms with Crippen LogP contribution >= 0.6 is 0 Å². The van der Waals surface area contributed by atoms with E-state index in [1.54, 1.807) is 20.4 Å². The lowest BCUT2D eigenvalue weighted by Gasteiger charge is -2.13. The van der Waals surface area contributed by atoms with Crippen molar-refractivity contribution in [2.75, 3.05) is 19.7 Å². The molecule has 2 aromatic carbocycles. The van der Waals surface area contributed by atoms with E-state index in [-0.39, 0.29) is 0 Å². The van der Waals surface area contributed by atoms with Crippen LogP contribution in [0, 0.1) is 6.92 Å². The Morgan fingerprint density at radius 2 is 1.81 bits per heavy atom. The molecule has 134 valence electrons. The van der Waals surface area contributed by atoms with Crippen LogP contribution in [0.25, 0.3) is 10.9 Å². The van der Waals surface area contributed by atoms with Gasteiger partial charge in [0.1, 0.15) is 0 Å². The van der Waals surface area contributed by atoms with Gasteiger partial charge in [0.15, 0.2) is 11.5 Å². The van der Waals surface area contributed by atoms with E-state index in [0.29, 0.717) is 18.0 Å². The number of carbonyl (C=O) groups is 1. The van der Waals surface area contributed by atoms with Crippen LogP contribution in [-0.2, 0) is 16.1 Å². The molecule has 0 unspecified atom stereocenters. The van der Waals surface area contributed by atoms with Gasteiger partial charge >= 0.3 is 6.47 Å². The molecule has 6 heteroatoms. The molecule has 0 atom stereocenters. The lowest BCUT2D eigenvalue weighted by molar-refractivity contribution is -0.126. The van der Waals surface area contributed by atoms with E-state index in [2.05, 4.69) is 15.3 Å². The zero-order valence-corrected chi connectivity index (χ0v) is 14.9. The molecule has 0 saturated carbocycles. The highest BCUT2D eigenvalue weighted by Gasteiger charge is 2.11. The molecule has 3 rings (SSSR count). The SMILES string of the molecule is COc1cc2nccc(Cc3ccc(NOC=O)cc3C)c2cc1OC. The Morgan fingerprint density at radius 1 is 1.04 bits per heavy atom. The zero-order valence-electron chi connectivity index (χ0n) is 14.9. The van der Waals surface area contributed by atoms with Gasteiger partial charge in [0.05, 0.1) is 25.4 Å². The maximum absolute atomic E-state index is 10.3. The van der Waals surface area contributed by atoms with Gasteiger partial charge in [-0.25, -0.2) is 5.48 Å². The van der Waals surface area contributed by atoms with Crippen molar-refractivity contribution in [3.8, 4) is 11.5 Å². The second-order valence-electron chi connectivity index (χ2n) is 5.83. The molecule has 1 N–H and O–H groups in total. The Kier molecular flexibility index (Phi) is 5.22. The van der Waals surface area contributed by atoms with Gasteiger partial charge in [-0.05, 0) is 54.3 Å². The fraction of sp³-hybridized carbons (Fsp3) is 0.200. The number of pyridine rings is 1. The smallest absolute Gasteiger partial charge is 0.320 e. The summed E-state index contributed by atoms with van der Waals surface area (Å²) >= 11 is 0. The number of aromatic nitrogens is 1. The number of ether oxygens (including phenoxy) is 2. The second kappa shape index (κ2) is 7.74. The minimum atomic E-state index is 0.355. The first-order valence-corrected chi connectivity index (χ1v) is 8.10. The van der Waals surface area contributed by atoms with Crippen LogP contribution < -0.4 is 15.0 Å². The molecule has 0 spiro atoms. The minimum Gasteiger partial charge on any atom is -0.493 e. The third-order valence-corrected chi connectivity index (χ3v) is 4.29. The number of benzene rings is 2. The molecule has 1 aromatic heterocycles. The van der Waals surface area contributed by atoms with E-state index in [9.17, 15) is 4.79 Å². The van der Waals surface area contributed by atoms with Gasteiger partial charge in [-0.15, -0.1) is 0 Å². The van der Waals surface area contributed by atoms with Crippen LogP contribution in [0.1, 0.15) is 16.7 Å². The van der Waals surface area contributed by atoms with Crippen molar-refractivity contribution in [1.82, 2.24) is 4.98 Å². The van der Waals surface area contributed by atoms with Gasteiger partial charge < -0.3 is 14.3 Å². The second-order valence-corrected chi connectivity index (χ2v) is 5.83. The summed E-state index contributed by atoms with van der Waals surface area (Å²) in [6.45, 7) is 2.38. The highest BCUT2D eigenvalue weighted by Crippen LogP contribution is 2.33. The van der Waals surface area contributed by atoms with Crippen LogP contribution in [0.2, 0.25) is 0 Å². The summed E-state index contributed by atoms with van der Waals surface area (Å²) in [5.74, 6) is 1.34. The van der Waals surface area contributed by atoms with Crippen molar-refractivity contribution in [3.63, 3.8) is 0 Å². The number of hydrogen-bond donors (Lipinski definition) is 1. The first kappa shape index (κ1) is 17.5. The summed E-state index contributed by atoms with van der Waals surface area (Å²) in [5.41, 5.74) is 7.56. The first-order chi connectivity index (χ1) is 12.7. The molecular formula is C20H20N2O4. The molecule has 0 radical (unpaired) electrons. The van der Waals surface area contributed by atoms with Gasteiger partial charge in [-0.2, -0.15) is 0 Å². The Bertz CT molecular complexity index is 940. The van der Waals surface area contributed by atoms with E-state index in [1.807, 2.05) is 43.3 Å². The number of nitrogens with zero attached hydrogens (tertiary/aromatic N) is 1. The van der Waals surface area contributed by atoms with Gasteiger partial charge in [-0.1, -0.05) is 6.07 Å². The Labute approximate surface area is 151 Å². The summed E-state index contributed by atoms with van der Waals surface area (Å²) in [6.07, 6.45) is 2.54. The van der Waals surface area contributed by atoms with Crippen LogP contribution in [0.3, 0.4) is 0 Å². The van der Waals surface area contributed by atoms with Crippen molar-refractivity contribution < 1.29 is 19.1 Å². The molecule has 6 nitrogen and oxygen atoms in total. The first-order valence-electron chi connectivity index (χ1n) is 8.10. The third-order valence-electron chi connectivity index (χ3n) is 4.29. The molecule has 0 amide bonds.